The lowest BCUT2D eigenvalue weighted by atomic mass is 10.1. The van der Waals surface area contributed by atoms with Crippen molar-refractivity contribution < 1.29 is 48.3 Å². The Morgan fingerprint density at radius 3 is 1.78 bits per heavy atom. The summed E-state index contributed by atoms with van der Waals surface area (Å²) in [6.45, 7) is 0.0322. The third-order valence-electron chi connectivity index (χ3n) is 10.3. The van der Waals surface area contributed by atoms with Crippen LogP contribution in [0.1, 0.15) is 83.5 Å². The minimum Gasteiger partial charge on any atom is -0.480 e. The summed E-state index contributed by atoms with van der Waals surface area (Å²) in [7, 11) is 0. The summed E-state index contributed by atoms with van der Waals surface area (Å²) >= 11 is 0. The number of carboxylic acid groups (broad SMARTS) is 1. The maximum Gasteiger partial charge on any atom is 0.326 e. The minimum absolute atomic E-state index is 0.0105. The first kappa shape index (κ1) is 52.8. The normalized spacial score (nSPS) is 17.6. The molecular weight excluding hydrogens is 829 g/mol. The average Bonchev–Trinajstić information content (AvgIpc) is 3.93. The number of likely N-dealkylation sites (tertiary alicyclic amines) is 2. The zero-order chi connectivity index (χ0) is 47.1. The van der Waals surface area contributed by atoms with Crippen molar-refractivity contribution in [2.45, 2.75) is 120 Å². The van der Waals surface area contributed by atoms with Crippen LogP contribution in [0.4, 0.5) is 0 Å². The third kappa shape index (κ3) is 19.1. The molecule has 6 atom stereocenters. The molecule has 20 N–H and O–H groups in total. The molecular formula is C37H66N16O10. The Labute approximate surface area is 365 Å². The quantitative estimate of drug-likeness (QED) is 0.0197. The molecule has 0 spiro atoms. The number of guanidine groups is 2. The van der Waals surface area contributed by atoms with Crippen molar-refractivity contribution in [1.29, 1.82) is 0 Å². The summed E-state index contributed by atoms with van der Waals surface area (Å²) in [5.41, 5.74) is 38.3. The minimum atomic E-state index is -1.43. The SMILES string of the molecule is NCCCC[C@H](N)C(=O)N1CCC[C@H]1C(=O)NCC(=O)N1CCC[C@H]1C(=O)N[C@@H](CCCN=C(N)N)C(=O)NCC(=O)N[C@@H](CCC(N)=O)C(=O)N[C@@H](CCCN=C(N)N)C(=O)O. The molecule has 2 aliphatic heterocycles. The molecule has 0 saturated carbocycles. The lowest BCUT2D eigenvalue weighted by molar-refractivity contribution is -0.142. The number of aliphatic imine (C=N–C) groups is 2. The Morgan fingerprint density at radius 1 is 0.635 bits per heavy atom. The second-order valence-corrected chi connectivity index (χ2v) is 15.2. The van der Waals surface area contributed by atoms with Gasteiger partial charge in [-0.25, -0.2) is 4.79 Å². The number of nitrogens with zero attached hydrogens (tertiary/aromatic N) is 4. The molecule has 2 rings (SSSR count). The molecule has 0 aliphatic carbocycles. The van der Waals surface area contributed by atoms with Gasteiger partial charge in [0.05, 0.1) is 19.1 Å². The standard InChI is InChI=1S/C37H66N16O10/c38-14-2-1-7-21(39)34(61)53-18-6-10-25(53)32(59)48-20-29(56)52-17-5-11-26(52)33(60)50-22(8-3-15-45-36(41)42)30(57)47-19-28(55)49-23(12-13-27(40)54)31(58)51-24(35(62)63)9-4-16-46-37(43)44/h21-26H,1-20,38-39H2,(H2,40,54)(H,47,57)(H,48,59)(H,49,55)(H,50,60)(H,51,58)(H,62,63)(H4,41,42,45)(H4,43,44,46)/t21-,22-,23-,24-,25-,26-/m0/s1. The van der Waals surface area contributed by atoms with Crippen LogP contribution in [0.2, 0.25) is 0 Å². The van der Waals surface area contributed by atoms with Gasteiger partial charge in [0.1, 0.15) is 30.2 Å². The Kier molecular flexibility index (Phi) is 23.1. The highest BCUT2D eigenvalue weighted by Gasteiger charge is 2.39. The molecule has 26 nitrogen and oxygen atoms in total. The van der Waals surface area contributed by atoms with E-state index >= 15 is 0 Å². The van der Waals surface area contributed by atoms with E-state index in [1.54, 1.807) is 0 Å². The first-order valence-electron chi connectivity index (χ1n) is 21.0. The van der Waals surface area contributed by atoms with Gasteiger partial charge in [-0.15, -0.1) is 0 Å². The Morgan fingerprint density at radius 2 is 1.21 bits per heavy atom. The number of aliphatic carboxylic acids is 1. The van der Waals surface area contributed by atoms with E-state index < -0.39 is 96.7 Å². The molecule has 26 heteroatoms. The summed E-state index contributed by atoms with van der Waals surface area (Å²) < 4.78 is 0. The predicted molar refractivity (Wildman–Crippen MR) is 228 cm³/mol. The van der Waals surface area contributed by atoms with Crippen LogP contribution in [0.5, 0.6) is 0 Å². The second kappa shape index (κ2) is 27.6. The van der Waals surface area contributed by atoms with Crippen LogP contribution in [-0.4, -0.2) is 162 Å². The largest absolute Gasteiger partial charge is 0.480 e. The highest BCUT2D eigenvalue weighted by atomic mass is 16.4. The molecule has 63 heavy (non-hydrogen) atoms. The number of nitrogens with one attached hydrogen (secondary N) is 5. The van der Waals surface area contributed by atoms with E-state index in [0.29, 0.717) is 51.6 Å². The molecule has 0 bridgehead atoms. The Balaban J connectivity index is 2.07. The summed E-state index contributed by atoms with van der Waals surface area (Å²) in [6, 6.07) is -6.67. The van der Waals surface area contributed by atoms with E-state index in [2.05, 4.69) is 36.6 Å². The number of carbonyl (C=O) groups excluding carboxylic acids is 8. The molecule has 0 aromatic rings. The van der Waals surface area contributed by atoms with Gasteiger partial charge >= 0.3 is 5.97 Å². The van der Waals surface area contributed by atoms with Gasteiger partial charge in [-0.3, -0.25) is 48.3 Å². The van der Waals surface area contributed by atoms with Crippen molar-refractivity contribution in [3.05, 3.63) is 0 Å². The van der Waals surface area contributed by atoms with E-state index in [4.69, 9.17) is 40.1 Å². The fourth-order valence-corrected chi connectivity index (χ4v) is 7.03. The molecule has 354 valence electrons. The van der Waals surface area contributed by atoms with Gasteiger partial charge in [-0.2, -0.15) is 0 Å². The fraction of sp³-hybridized carbons (Fsp3) is 0.703. The summed E-state index contributed by atoms with van der Waals surface area (Å²) in [5, 5.41) is 21.9. The molecule has 2 saturated heterocycles. The maximum atomic E-state index is 13.7. The zero-order valence-electron chi connectivity index (χ0n) is 35.6. The van der Waals surface area contributed by atoms with Crippen molar-refractivity contribution in [3.63, 3.8) is 0 Å². The number of amides is 8. The van der Waals surface area contributed by atoms with Crippen molar-refractivity contribution in [2.24, 2.45) is 50.1 Å². The van der Waals surface area contributed by atoms with E-state index in [9.17, 15) is 48.3 Å². The molecule has 0 aromatic heterocycles. The summed E-state index contributed by atoms with van der Waals surface area (Å²) in [6.07, 6.45) is 3.14. The summed E-state index contributed by atoms with van der Waals surface area (Å²) in [5.74, 6) is -7.32. The number of primary amides is 1. The third-order valence-corrected chi connectivity index (χ3v) is 10.3. The number of carbonyl (C=O) groups is 9. The van der Waals surface area contributed by atoms with Gasteiger partial charge < -0.3 is 81.6 Å². The number of nitrogens with two attached hydrogens (primary N) is 7. The average molecular weight is 895 g/mol. The number of unbranched alkanes of at least 4 members (excludes halogenated alkanes) is 1. The van der Waals surface area contributed by atoms with Crippen molar-refractivity contribution in [3.8, 4) is 0 Å². The van der Waals surface area contributed by atoms with Crippen LogP contribution in [0.15, 0.2) is 9.98 Å². The lowest BCUT2D eigenvalue weighted by Crippen LogP contribution is -2.56. The molecule has 2 fully saturated rings. The van der Waals surface area contributed by atoms with Gasteiger partial charge in [-0.1, -0.05) is 6.42 Å². The Hall–Kier alpha value is -6.31. The van der Waals surface area contributed by atoms with E-state index in [0.717, 1.165) is 0 Å². The monoisotopic (exact) mass is 895 g/mol. The first-order valence-corrected chi connectivity index (χ1v) is 21.0. The smallest absolute Gasteiger partial charge is 0.326 e. The van der Waals surface area contributed by atoms with Crippen LogP contribution < -0.4 is 66.7 Å². The highest BCUT2D eigenvalue weighted by Crippen LogP contribution is 2.21. The van der Waals surface area contributed by atoms with Gasteiger partial charge in [0.25, 0.3) is 0 Å². The highest BCUT2D eigenvalue weighted by molar-refractivity contribution is 5.96. The van der Waals surface area contributed by atoms with Gasteiger partial charge in [0.15, 0.2) is 11.9 Å². The topological polar surface area (TPSA) is 447 Å². The molecule has 8 amide bonds. The molecule has 2 aliphatic rings. The van der Waals surface area contributed by atoms with E-state index in [1.807, 2.05) is 0 Å². The number of carboxylic acids is 1. The van der Waals surface area contributed by atoms with Gasteiger partial charge in [-0.05, 0) is 77.2 Å². The van der Waals surface area contributed by atoms with Gasteiger partial charge in [0.2, 0.25) is 47.3 Å². The maximum absolute atomic E-state index is 13.7. The van der Waals surface area contributed by atoms with Crippen LogP contribution in [0.25, 0.3) is 0 Å². The molecule has 2 heterocycles. The van der Waals surface area contributed by atoms with Crippen LogP contribution in [0.3, 0.4) is 0 Å². The molecule has 0 aromatic carbocycles. The number of rotatable bonds is 28. The zero-order valence-corrected chi connectivity index (χ0v) is 35.6. The van der Waals surface area contributed by atoms with Crippen LogP contribution in [0, 0.1) is 0 Å². The van der Waals surface area contributed by atoms with Crippen molar-refractivity contribution >= 4 is 65.1 Å². The van der Waals surface area contributed by atoms with Crippen molar-refractivity contribution in [1.82, 2.24) is 36.4 Å². The van der Waals surface area contributed by atoms with Gasteiger partial charge in [0, 0.05) is 32.6 Å². The van der Waals surface area contributed by atoms with E-state index in [1.165, 1.54) is 9.80 Å². The predicted octanol–water partition coefficient (Wildman–Crippen LogP) is -6.43. The summed E-state index contributed by atoms with van der Waals surface area (Å²) in [4.78, 5) is 126. The molecule has 0 radical (unpaired) electrons. The second-order valence-electron chi connectivity index (χ2n) is 15.2. The van der Waals surface area contributed by atoms with Crippen molar-refractivity contribution in [2.75, 3.05) is 45.8 Å². The Bertz CT molecular complexity index is 1670. The number of hydrogen-bond donors (Lipinski definition) is 13. The lowest BCUT2D eigenvalue weighted by Gasteiger charge is -2.28. The van der Waals surface area contributed by atoms with Crippen LogP contribution in [-0.2, 0) is 43.2 Å². The number of hydrogen-bond acceptors (Lipinski definition) is 13. The first-order chi connectivity index (χ1) is 29.9. The van der Waals surface area contributed by atoms with E-state index in [-0.39, 0.29) is 82.4 Å². The molecule has 0 unspecified atom stereocenters. The van der Waals surface area contributed by atoms with Crippen LogP contribution >= 0.6 is 0 Å². The fourth-order valence-electron chi connectivity index (χ4n) is 7.03.